The van der Waals surface area contributed by atoms with Gasteiger partial charge in [0.25, 0.3) is 11.7 Å². The highest BCUT2D eigenvalue weighted by atomic mass is 35.5. The predicted molar refractivity (Wildman–Crippen MR) is 126 cm³/mol. The van der Waals surface area contributed by atoms with Crippen LogP contribution in [-0.4, -0.2) is 59.9 Å². The molecule has 1 unspecified atom stereocenters. The number of carbonyl (C=O) groups is 2. The van der Waals surface area contributed by atoms with Crippen LogP contribution in [0.15, 0.2) is 48.0 Å². The predicted octanol–water partition coefficient (Wildman–Crippen LogP) is 4.77. The fourth-order valence-corrected chi connectivity index (χ4v) is 4.15. The van der Waals surface area contributed by atoms with Gasteiger partial charge < -0.3 is 19.6 Å². The van der Waals surface area contributed by atoms with E-state index in [1.54, 1.807) is 31.4 Å². The molecule has 1 atom stereocenters. The number of carbonyl (C=O) groups excluding carboxylic acids is 2. The number of hydrogen-bond donors (Lipinski definition) is 1. The molecule has 1 fully saturated rings. The average molecular weight is 477 g/mol. The lowest BCUT2D eigenvalue weighted by Crippen LogP contribution is -2.38. The minimum atomic E-state index is -0.755. The van der Waals surface area contributed by atoms with Gasteiger partial charge in [0, 0.05) is 18.7 Å². The minimum absolute atomic E-state index is 0.0150. The zero-order valence-electron chi connectivity index (χ0n) is 18.3. The van der Waals surface area contributed by atoms with Gasteiger partial charge in [-0.3, -0.25) is 9.59 Å². The number of methoxy groups -OCH3 is 1. The van der Waals surface area contributed by atoms with Crippen LogP contribution in [0.25, 0.3) is 5.76 Å². The quantitative estimate of drug-likeness (QED) is 0.337. The molecule has 0 radical (unpaired) electrons. The molecule has 170 valence electrons. The first kappa shape index (κ1) is 24.1. The van der Waals surface area contributed by atoms with E-state index >= 15 is 0 Å². The van der Waals surface area contributed by atoms with E-state index in [4.69, 9.17) is 27.9 Å². The number of ketones is 1. The van der Waals surface area contributed by atoms with E-state index in [-0.39, 0.29) is 16.4 Å². The maximum absolute atomic E-state index is 13.1. The normalized spacial score (nSPS) is 17.9. The maximum Gasteiger partial charge on any atom is 0.295 e. The van der Waals surface area contributed by atoms with E-state index < -0.39 is 17.7 Å². The molecule has 0 saturated carbocycles. The molecule has 2 aromatic carbocycles. The van der Waals surface area contributed by atoms with E-state index in [0.29, 0.717) is 35.0 Å². The Labute approximate surface area is 198 Å². The number of nitrogens with zero attached hydrogens (tertiary/aromatic N) is 2. The fourth-order valence-electron chi connectivity index (χ4n) is 3.86. The van der Waals surface area contributed by atoms with Crippen LogP contribution >= 0.6 is 23.2 Å². The summed E-state index contributed by atoms with van der Waals surface area (Å²) in [6.07, 6.45) is 0. The van der Waals surface area contributed by atoms with Gasteiger partial charge in [0.2, 0.25) is 0 Å². The van der Waals surface area contributed by atoms with Crippen LogP contribution in [0.2, 0.25) is 10.0 Å². The van der Waals surface area contributed by atoms with Crippen molar-refractivity contribution in [2.75, 3.05) is 33.3 Å². The van der Waals surface area contributed by atoms with Crippen molar-refractivity contribution in [1.82, 2.24) is 9.80 Å². The molecule has 3 rings (SSSR count). The van der Waals surface area contributed by atoms with Gasteiger partial charge in [-0.1, -0.05) is 49.2 Å². The van der Waals surface area contributed by atoms with Gasteiger partial charge in [0.15, 0.2) is 0 Å². The van der Waals surface area contributed by atoms with Gasteiger partial charge in [-0.2, -0.15) is 0 Å². The third kappa shape index (κ3) is 4.77. The number of benzene rings is 2. The summed E-state index contributed by atoms with van der Waals surface area (Å²) in [5.74, 6) is -1.08. The number of likely N-dealkylation sites (tertiary alicyclic amines) is 1. The zero-order chi connectivity index (χ0) is 23.4. The van der Waals surface area contributed by atoms with E-state index in [1.807, 2.05) is 19.9 Å². The van der Waals surface area contributed by atoms with Crippen LogP contribution in [0.1, 0.15) is 31.0 Å². The summed E-state index contributed by atoms with van der Waals surface area (Å²) in [4.78, 5) is 29.8. The van der Waals surface area contributed by atoms with Crippen molar-refractivity contribution >= 4 is 40.7 Å². The number of aliphatic hydroxyl groups excluding tert-OH is 1. The Morgan fingerprint density at radius 3 is 2.44 bits per heavy atom. The third-order valence-electron chi connectivity index (χ3n) is 5.69. The summed E-state index contributed by atoms with van der Waals surface area (Å²) < 4.78 is 5.34. The molecule has 0 spiro atoms. The van der Waals surface area contributed by atoms with Gasteiger partial charge in [-0.25, -0.2) is 0 Å². The second-order valence-corrected chi connectivity index (χ2v) is 8.24. The molecule has 1 saturated heterocycles. The maximum atomic E-state index is 13.1. The second-order valence-electron chi connectivity index (χ2n) is 7.42. The highest BCUT2D eigenvalue weighted by molar-refractivity contribution is 6.46. The molecule has 1 heterocycles. The smallest absolute Gasteiger partial charge is 0.295 e. The molecule has 1 N–H and O–H groups in total. The van der Waals surface area contributed by atoms with Gasteiger partial charge >= 0.3 is 0 Å². The number of Topliss-reactive ketones (excluding diaryl/α,β-unsaturated/α-hetero) is 1. The van der Waals surface area contributed by atoms with Crippen LogP contribution in [0, 0.1) is 0 Å². The molecule has 1 aliphatic heterocycles. The topological polar surface area (TPSA) is 70.1 Å². The van der Waals surface area contributed by atoms with Gasteiger partial charge in [-0.15, -0.1) is 0 Å². The molecule has 0 bridgehead atoms. The monoisotopic (exact) mass is 476 g/mol. The number of rotatable bonds is 8. The number of likely N-dealkylation sites (N-methyl/N-ethyl adjacent to an activating group) is 1. The molecule has 8 heteroatoms. The summed E-state index contributed by atoms with van der Waals surface area (Å²) in [6, 6.07) is 11.0. The van der Waals surface area contributed by atoms with E-state index in [2.05, 4.69) is 4.90 Å². The first-order valence-corrected chi connectivity index (χ1v) is 11.2. The van der Waals surface area contributed by atoms with Crippen LogP contribution in [-0.2, 0) is 9.59 Å². The Balaban J connectivity index is 2.13. The Bertz CT molecular complexity index is 1050. The van der Waals surface area contributed by atoms with Crippen molar-refractivity contribution in [2.45, 2.75) is 19.9 Å². The first-order chi connectivity index (χ1) is 15.3. The molecule has 0 aliphatic carbocycles. The molecular weight excluding hydrogens is 451 g/mol. The standard InChI is InChI=1S/C24H26Cl2N2O4/c1-4-27(5-2)11-12-28-21(15-7-6-8-17(13-15)32-3)20(23(30)24(28)31)22(29)16-9-10-18(25)19(26)14-16/h6-10,13-14,21,29H,4-5,11-12H2,1-3H3/b22-20-. The van der Waals surface area contributed by atoms with Crippen molar-refractivity contribution in [3.63, 3.8) is 0 Å². The molecule has 6 nitrogen and oxygen atoms in total. The molecular formula is C24H26Cl2N2O4. The molecule has 32 heavy (non-hydrogen) atoms. The van der Waals surface area contributed by atoms with Gasteiger partial charge in [0.1, 0.15) is 11.5 Å². The lowest BCUT2D eigenvalue weighted by molar-refractivity contribution is -0.140. The van der Waals surface area contributed by atoms with Crippen LogP contribution in [0.4, 0.5) is 0 Å². The summed E-state index contributed by atoms with van der Waals surface area (Å²) in [5, 5.41) is 11.7. The summed E-state index contributed by atoms with van der Waals surface area (Å²) in [7, 11) is 1.55. The molecule has 1 amide bonds. The lowest BCUT2D eigenvalue weighted by atomic mass is 9.95. The number of ether oxygens (including phenoxy) is 1. The van der Waals surface area contributed by atoms with Gasteiger partial charge in [-0.05, 0) is 49.0 Å². The van der Waals surface area contributed by atoms with Crippen molar-refractivity contribution < 1.29 is 19.4 Å². The van der Waals surface area contributed by atoms with E-state index in [0.717, 1.165) is 13.1 Å². The molecule has 1 aliphatic rings. The summed E-state index contributed by atoms with van der Waals surface area (Å²) >= 11 is 12.1. The van der Waals surface area contributed by atoms with Crippen molar-refractivity contribution in [1.29, 1.82) is 0 Å². The molecule has 2 aromatic rings. The first-order valence-electron chi connectivity index (χ1n) is 10.4. The zero-order valence-corrected chi connectivity index (χ0v) is 19.8. The van der Waals surface area contributed by atoms with E-state index in [9.17, 15) is 14.7 Å². The Morgan fingerprint density at radius 2 is 1.81 bits per heavy atom. The number of amides is 1. The minimum Gasteiger partial charge on any atom is -0.507 e. The highest BCUT2D eigenvalue weighted by Crippen LogP contribution is 2.40. The van der Waals surface area contributed by atoms with E-state index in [1.165, 1.54) is 17.0 Å². The SMILES string of the molecule is CCN(CC)CCN1C(=O)C(=O)/C(=C(\O)c2ccc(Cl)c(Cl)c2)C1c1cccc(OC)c1. The Kier molecular flexibility index (Phi) is 7.82. The highest BCUT2D eigenvalue weighted by Gasteiger charge is 2.46. The molecule has 0 aromatic heterocycles. The third-order valence-corrected chi connectivity index (χ3v) is 6.43. The van der Waals surface area contributed by atoms with Crippen molar-refractivity contribution in [3.8, 4) is 5.75 Å². The summed E-state index contributed by atoms with van der Waals surface area (Å²) in [5.41, 5.74) is 1.000. The number of halogens is 2. The lowest BCUT2D eigenvalue weighted by Gasteiger charge is -2.28. The number of hydrogen-bond acceptors (Lipinski definition) is 5. The summed E-state index contributed by atoms with van der Waals surface area (Å²) in [6.45, 7) is 6.68. The second kappa shape index (κ2) is 10.4. The largest absolute Gasteiger partial charge is 0.507 e. The Hall–Kier alpha value is -2.54. The van der Waals surface area contributed by atoms with Crippen molar-refractivity contribution in [2.24, 2.45) is 0 Å². The van der Waals surface area contributed by atoms with Crippen LogP contribution in [0.3, 0.4) is 0 Å². The van der Waals surface area contributed by atoms with Crippen LogP contribution < -0.4 is 4.74 Å². The van der Waals surface area contributed by atoms with Crippen LogP contribution in [0.5, 0.6) is 5.75 Å². The number of aliphatic hydroxyl groups is 1. The Morgan fingerprint density at radius 1 is 1.09 bits per heavy atom. The van der Waals surface area contributed by atoms with Crippen molar-refractivity contribution in [3.05, 3.63) is 69.2 Å². The average Bonchev–Trinajstić information content (AvgIpc) is 3.06. The fraction of sp³-hybridized carbons (Fsp3) is 0.333. The van der Waals surface area contributed by atoms with Gasteiger partial charge in [0.05, 0.1) is 28.8 Å².